The molecule has 2 atom stereocenters. The van der Waals surface area contributed by atoms with E-state index in [2.05, 4.69) is 27.3 Å². The first kappa shape index (κ1) is 16.8. The number of nitrogens with zero attached hydrogens (tertiary/aromatic N) is 5. The fourth-order valence-corrected chi connectivity index (χ4v) is 3.64. The molecule has 0 bridgehead atoms. The van der Waals surface area contributed by atoms with Gasteiger partial charge in [0.2, 0.25) is 5.95 Å². The number of aromatic nitrogens is 4. The molecule has 138 valence electrons. The zero-order valence-electron chi connectivity index (χ0n) is 15.0. The summed E-state index contributed by atoms with van der Waals surface area (Å²) in [5, 5.41) is 7.38. The van der Waals surface area contributed by atoms with Crippen LogP contribution >= 0.6 is 0 Å². The summed E-state index contributed by atoms with van der Waals surface area (Å²) in [7, 11) is 0. The Morgan fingerprint density at radius 1 is 1.38 bits per heavy atom. The van der Waals surface area contributed by atoms with Crippen LogP contribution in [-0.2, 0) is 0 Å². The lowest BCUT2D eigenvalue weighted by molar-refractivity contribution is 0.192. The first-order valence-electron chi connectivity index (χ1n) is 9.28. The lowest BCUT2D eigenvalue weighted by Crippen LogP contribution is -2.41. The van der Waals surface area contributed by atoms with E-state index in [4.69, 9.17) is 5.73 Å². The van der Waals surface area contributed by atoms with E-state index in [0.717, 1.165) is 36.7 Å². The van der Waals surface area contributed by atoms with Gasteiger partial charge in [0.1, 0.15) is 0 Å². The molecule has 8 nitrogen and oxygen atoms in total. The molecule has 8 heteroatoms. The molecule has 2 unspecified atom stereocenters. The number of amides is 2. The number of urea groups is 1. The number of piperidine rings is 1. The van der Waals surface area contributed by atoms with Crippen LogP contribution in [0.2, 0.25) is 0 Å². The average Bonchev–Trinajstić information content (AvgIpc) is 3.40. The molecule has 1 aliphatic carbocycles. The topological polar surface area (TPSA) is 102 Å². The van der Waals surface area contributed by atoms with Gasteiger partial charge in [-0.2, -0.15) is 5.10 Å². The number of nitrogen functional groups attached to an aromatic ring is 1. The molecule has 1 saturated carbocycles. The second kappa shape index (κ2) is 6.93. The molecule has 4 rings (SSSR count). The molecule has 26 heavy (non-hydrogen) atoms. The molecule has 3 heterocycles. The van der Waals surface area contributed by atoms with Crippen LogP contribution in [0.1, 0.15) is 50.3 Å². The van der Waals surface area contributed by atoms with E-state index < -0.39 is 0 Å². The highest BCUT2D eigenvalue weighted by molar-refractivity contribution is 5.89. The largest absolute Gasteiger partial charge is 0.368 e. The van der Waals surface area contributed by atoms with E-state index in [1.807, 2.05) is 21.8 Å². The summed E-state index contributed by atoms with van der Waals surface area (Å²) >= 11 is 0. The Hall–Kier alpha value is -2.64. The van der Waals surface area contributed by atoms with Crippen LogP contribution < -0.4 is 11.1 Å². The van der Waals surface area contributed by atoms with Crippen LogP contribution in [0.15, 0.2) is 24.7 Å². The molecular formula is C18H25N7O. The summed E-state index contributed by atoms with van der Waals surface area (Å²) in [6, 6.07) is 2.18. The lowest BCUT2D eigenvalue weighted by atomic mass is 9.95. The SMILES string of the molecule is CC(C1CC1)n1cc(NC(=O)N2CCCC(c3ccnc(N)n3)C2)cn1. The third kappa shape index (κ3) is 3.63. The van der Waals surface area contributed by atoms with Crippen LogP contribution in [0.3, 0.4) is 0 Å². The fraction of sp³-hybridized carbons (Fsp3) is 0.556. The predicted octanol–water partition coefficient (Wildman–Crippen LogP) is 2.64. The molecule has 1 aliphatic heterocycles. The van der Waals surface area contributed by atoms with Crippen molar-refractivity contribution in [3.05, 3.63) is 30.4 Å². The summed E-state index contributed by atoms with van der Waals surface area (Å²) < 4.78 is 1.95. The minimum Gasteiger partial charge on any atom is -0.368 e. The van der Waals surface area contributed by atoms with E-state index in [0.29, 0.717) is 12.6 Å². The highest BCUT2D eigenvalue weighted by Gasteiger charge is 2.30. The minimum atomic E-state index is -0.0876. The fourth-order valence-electron chi connectivity index (χ4n) is 3.64. The zero-order valence-corrected chi connectivity index (χ0v) is 15.0. The van der Waals surface area contributed by atoms with Crippen LogP contribution in [-0.4, -0.2) is 43.8 Å². The highest BCUT2D eigenvalue weighted by atomic mass is 16.2. The first-order chi connectivity index (χ1) is 12.6. The van der Waals surface area contributed by atoms with Crippen LogP contribution in [0.25, 0.3) is 0 Å². The predicted molar refractivity (Wildman–Crippen MR) is 98.7 cm³/mol. The molecule has 2 amide bonds. The van der Waals surface area contributed by atoms with Gasteiger partial charge in [0.15, 0.2) is 0 Å². The maximum atomic E-state index is 12.7. The smallest absolute Gasteiger partial charge is 0.321 e. The van der Waals surface area contributed by atoms with E-state index in [9.17, 15) is 4.79 Å². The van der Waals surface area contributed by atoms with Gasteiger partial charge in [0.05, 0.1) is 23.6 Å². The molecule has 2 aromatic rings. The van der Waals surface area contributed by atoms with E-state index in [-0.39, 0.29) is 17.9 Å². The quantitative estimate of drug-likeness (QED) is 0.878. The van der Waals surface area contributed by atoms with Crippen molar-refractivity contribution in [1.29, 1.82) is 0 Å². The minimum absolute atomic E-state index is 0.0876. The Morgan fingerprint density at radius 2 is 2.23 bits per heavy atom. The highest BCUT2D eigenvalue weighted by Crippen LogP contribution is 2.39. The molecule has 3 N–H and O–H groups in total. The van der Waals surface area contributed by atoms with Crippen molar-refractivity contribution in [2.24, 2.45) is 5.92 Å². The second-order valence-electron chi connectivity index (χ2n) is 7.34. The van der Waals surface area contributed by atoms with Gasteiger partial charge in [-0.25, -0.2) is 14.8 Å². The summed E-state index contributed by atoms with van der Waals surface area (Å²) in [6.07, 6.45) is 9.80. The number of nitrogens with two attached hydrogens (primary N) is 1. The van der Waals surface area contributed by atoms with Crippen LogP contribution in [0.4, 0.5) is 16.4 Å². The molecular weight excluding hydrogens is 330 g/mol. The zero-order chi connectivity index (χ0) is 18.1. The molecule has 0 radical (unpaired) electrons. The Kier molecular flexibility index (Phi) is 4.48. The molecule has 2 aromatic heterocycles. The Morgan fingerprint density at radius 3 is 3.00 bits per heavy atom. The number of likely N-dealkylation sites (tertiary alicyclic amines) is 1. The second-order valence-corrected chi connectivity index (χ2v) is 7.34. The monoisotopic (exact) mass is 355 g/mol. The van der Waals surface area contributed by atoms with Crippen molar-refractivity contribution < 1.29 is 4.79 Å². The summed E-state index contributed by atoms with van der Waals surface area (Å²) in [4.78, 5) is 22.8. The summed E-state index contributed by atoms with van der Waals surface area (Å²) in [5.41, 5.74) is 7.34. The van der Waals surface area contributed by atoms with Crippen molar-refractivity contribution in [2.75, 3.05) is 24.1 Å². The van der Waals surface area contributed by atoms with E-state index in [1.165, 1.54) is 12.8 Å². The van der Waals surface area contributed by atoms with E-state index in [1.54, 1.807) is 12.4 Å². The maximum Gasteiger partial charge on any atom is 0.321 e. The van der Waals surface area contributed by atoms with Gasteiger partial charge in [-0.15, -0.1) is 0 Å². The molecule has 0 aromatic carbocycles. The number of anilines is 2. The van der Waals surface area contributed by atoms with Crippen molar-refractivity contribution in [1.82, 2.24) is 24.6 Å². The van der Waals surface area contributed by atoms with Gasteiger partial charge < -0.3 is 16.0 Å². The third-order valence-corrected chi connectivity index (χ3v) is 5.40. The van der Waals surface area contributed by atoms with Gasteiger partial charge in [-0.1, -0.05) is 0 Å². The standard InChI is InChI=1S/C18H25N7O/c1-12(13-4-5-13)25-11-15(9-21-25)22-18(26)24-8-2-3-14(10-24)16-6-7-20-17(19)23-16/h6-7,9,11-14H,2-5,8,10H2,1H3,(H,22,26)(H2,19,20,23). The molecule has 0 spiro atoms. The van der Waals surface area contributed by atoms with Crippen molar-refractivity contribution in [3.8, 4) is 0 Å². The third-order valence-electron chi connectivity index (χ3n) is 5.40. The Labute approximate surface area is 152 Å². The van der Waals surface area contributed by atoms with Gasteiger partial charge in [-0.05, 0) is 44.6 Å². The van der Waals surface area contributed by atoms with E-state index >= 15 is 0 Å². The molecule has 2 aliphatic rings. The number of nitrogens with one attached hydrogen (secondary N) is 1. The van der Waals surface area contributed by atoms with Crippen LogP contribution in [0.5, 0.6) is 0 Å². The number of carbonyl (C=O) groups excluding carboxylic acids is 1. The van der Waals surface area contributed by atoms with Gasteiger partial charge in [0.25, 0.3) is 0 Å². The number of rotatable bonds is 4. The number of hydrogen-bond acceptors (Lipinski definition) is 5. The first-order valence-corrected chi connectivity index (χ1v) is 9.28. The normalized spacial score (nSPS) is 21.4. The lowest BCUT2D eigenvalue weighted by Gasteiger charge is -2.32. The Bertz CT molecular complexity index is 785. The van der Waals surface area contributed by atoms with Crippen LogP contribution in [0, 0.1) is 5.92 Å². The van der Waals surface area contributed by atoms with Crippen molar-refractivity contribution in [3.63, 3.8) is 0 Å². The summed E-state index contributed by atoms with van der Waals surface area (Å²) in [5.74, 6) is 1.19. The average molecular weight is 355 g/mol. The van der Waals surface area contributed by atoms with Crippen molar-refractivity contribution in [2.45, 2.75) is 44.6 Å². The van der Waals surface area contributed by atoms with Gasteiger partial charge in [0, 0.05) is 31.4 Å². The van der Waals surface area contributed by atoms with Gasteiger partial charge in [-0.3, -0.25) is 4.68 Å². The number of carbonyl (C=O) groups is 1. The van der Waals surface area contributed by atoms with Gasteiger partial charge >= 0.3 is 6.03 Å². The maximum absolute atomic E-state index is 12.7. The molecule has 1 saturated heterocycles. The molecule has 2 fully saturated rings. The summed E-state index contributed by atoms with van der Waals surface area (Å²) in [6.45, 7) is 3.56. The Balaban J connectivity index is 1.38. The van der Waals surface area contributed by atoms with Crippen molar-refractivity contribution >= 4 is 17.7 Å². The number of hydrogen-bond donors (Lipinski definition) is 2.